The molecule has 10 heteroatoms. The van der Waals surface area contributed by atoms with Gasteiger partial charge in [0.05, 0.1) is 25.3 Å². The third-order valence-electron chi connectivity index (χ3n) is 6.89. The summed E-state index contributed by atoms with van der Waals surface area (Å²) < 4.78 is 19.7. The number of carbonyl (C=O) groups is 1. The van der Waals surface area contributed by atoms with Crippen LogP contribution in [-0.4, -0.2) is 47.0 Å². The van der Waals surface area contributed by atoms with Crippen molar-refractivity contribution in [2.24, 2.45) is 0 Å². The summed E-state index contributed by atoms with van der Waals surface area (Å²) in [6.45, 7) is 9.64. The minimum Gasteiger partial charge on any atom is -0.497 e. The lowest BCUT2D eigenvalue weighted by Crippen LogP contribution is -2.33. The Morgan fingerprint density at radius 3 is 2.55 bits per heavy atom. The third-order valence-corrected chi connectivity index (χ3v) is 7.38. The quantitative estimate of drug-likeness (QED) is 0.145. The molecule has 0 atom stereocenters. The van der Waals surface area contributed by atoms with E-state index >= 15 is 0 Å². The van der Waals surface area contributed by atoms with Gasteiger partial charge in [0.2, 0.25) is 0 Å². The molecule has 0 saturated carbocycles. The van der Waals surface area contributed by atoms with Crippen molar-refractivity contribution < 1.29 is 19.0 Å². The van der Waals surface area contributed by atoms with Crippen LogP contribution in [0.4, 0.5) is 10.6 Å². The van der Waals surface area contributed by atoms with Crippen LogP contribution in [0.3, 0.4) is 0 Å². The number of carbonyl (C=O) groups excluding carboxylic acids is 1. The molecule has 1 amide bonds. The van der Waals surface area contributed by atoms with E-state index in [2.05, 4.69) is 44.1 Å². The lowest BCUT2D eigenvalue weighted by molar-refractivity contribution is 0.0527. The number of nitrogens with one attached hydrogen (secondary N) is 2. The van der Waals surface area contributed by atoms with E-state index < -0.39 is 5.60 Å². The zero-order valence-corrected chi connectivity index (χ0v) is 27.1. The maximum atomic E-state index is 12.1. The summed E-state index contributed by atoms with van der Waals surface area (Å²) in [6, 6.07) is 12.0. The fourth-order valence-electron chi connectivity index (χ4n) is 4.87. The van der Waals surface area contributed by atoms with Gasteiger partial charge in [0, 0.05) is 47.5 Å². The number of aryl methyl sites for hydroxylation is 2. The standard InChI is InChI=1S/C32H42BrN5O4/c1-7-8-11-27-37-28-29(38(27)17-10-9-16-34-31(39)42-32(2,3)4)24-18-22(33)13-15-25(24)36-30(28)35-20-21-12-14-23(40-5)19-26(21)41-6/h12-15,18-19H,7-11,16-17,20H2,1-6H3,(H,34,39)(H,35,36). The summed E-state index contributed by atoms with van der Waals surface area (Å²) in [7, 11) is 3.30. The van der Waals surface area contributed by atoms with E-state index in [9.17, 15) is 4.79 Å². The Kier molecular flexibility index (Phi) is 10.5. The molecule has 0 saturated heterocycles. The fourth-order valence-corrected chi connectivity index (χ4v) is 5.23. The lowest BCUT2D eigenvalue weighted by atomic mass is 10.1. The second kappa shape index (κ2) is 14.1. The number of hydrogen-bond acceptors (Lipinski definition) is 7. The average Bonchev–Trinajstić information content (AvgIpc) is 3.32. The molecule has 0 aliphatic carbocycles. The SMILES string of the molecule is CCCCc1nc2c(NCc3ccc(OC)cc3OC)nc3ccc(Br)cc3c2n1CCCCNC(=O)OC(C)(C)C. The molecule has 0 spiro atoms. The zero-order chi connectivity index (χ0) is 30.3. The van der Waals surface area contributed by atoms with Crippen LogP contribution in [0.1, 0.15) is 64.8 Å². The predicted molar refractivity (Wildman–Crippen MR) is 172 cm³/mol. The number of pyridine rings is 1. The Labute approximate surface area is 256 Å². The van der Waals surface area contributed by atoms with Crippen molar-refractivity contribution in [1.82, 2.24) is 19.9 Å². The summed E-state index contributed by atoms with van der Waals surface area (Å²) in [5, 5.41) is 7.47. The molecule has 0 aliphatic heterocycles. The van der Waals surface area contributed by atoms with Gasteiger partial charge >= 0.3 is 6.09 Å². The van der Waals surface area contributed by atoms with Crippen molar-refractivity contribution in [2.45, 2.75) is 78.5 Å². The van der Waals surface area contributed by atoms with Crippen molar-refractivity contribution in [1.29, 1.82) is 0 Å². The molecule has 2 heterocycles. The number of ether oxygens (including phenoxy) is 3. The lowest BCUT2D eigenvalue weighted by Gasteiger charge is -2.19. The van der Waals surface area contributed by atoms with Crippen LogP contribution in [0.2, 0.25) is 0 Å². The molecule has 2 aromatic carbocycles. The fraction of sp³-hybridized carbons (Fsp3) is 0.469. The summed E-state index contributed by atoms with van der Waals surface area (Å²) in [5.41, 5.74) is 3.29. The third kappa shape index (κ3) is 7.85. The van der Waals surface area contributed by atoms with Gasteiger partial charge in [0.15, 0.2) is 5.82 Å². The number of methoxy groups -OCH3 is 2. The molecule has 2 aromatic heterocycles. The van der Waals surface area contributed by atoms with E-state index in [0.29, 0.717) is 13.1 Å². The van der Waals surface area contributed by atoms with Crippen LogP contribution >= 0.6 is 15.9 Å². The number of aromatic nitrogens is 3. The normalized spacial score (nSPS) is 11.6. The van der Waals surface area contributed by atoms with E-state index in [1.807, 2.05) is 51.1 Å². The Morgan fingerprint density at radius 1 is 1.02 bits per heavy atom. The Hall–Kier alpha value is -3.53. The number of nitrogens with zero attached hydrogens (tertiary/aromatic N) is 3. The average molecular weight is 641 g/mol. The molecule has 0 fully saturated rings. The number of alkyl carbamates (subject to hydrolysis) is 1. The van der Waals surface area contributed by atoms with Crippen molar-refractivity contribution in [2.75, 3.05) is 26.1 Å². The van der Waals surface area contributed by atoms with Crippen LogP contribution in [-0.2, 0) is 24.2 Å². The number of rotatable bonds is 13. The monoisotopic (exact) mass is 639 g/mol. The van der Waals surface area contributed by atoms with Crippen LogP contribution in [0.25, 0.3) is 21.9 Å². The number of unbranched alkanes of at least 4 members (excludes halogenated alkanes) is 2. The number of benzene rings is 2. The minimum absolute atomic E-state index is 0.384. The molecule has 4 rings (SSSR count). The smallest absolute Gasteiger partial charge is 0.407 e. The van der Waals surface area contributed by atoms with E-state index in [4.69, 9.17) is 24.2 Å². The maximum absolute atomic E-state index is 12.1. The van der Waals surface area contributed by atoms with Gasteiger partial charge < -0.3 is 29.4 Å². The second-order valence-electron chi connectivity index (χ2n) is 11.3. The molecule has 0 aliphatic rings. The molecule has 42 heavy (non-hydrogen) atoms. The van der Waals surface area contributed by atoms with Crippen LogP contribution in [0, 0.1) is 0 Å². The Bertz CT molecular complexity index is 1530. The van der Waals surface area contributed by atoms with Gasteiger partial charge in [-0.1, -0.05) is 29.3 Å². The first-order valence-electron chi connectivity index (χ1n) is 14.5. The summed E-state index contributed by atoms with van der Waals surface area (Å²) >= 11 is 3.66. The first-order chi connectivity index (χ1) is 20.1. The molecular formula is C32H42BrN5O4. The highest BCUT2D eigenvalue weighted by Gasteiger charge is 2.20. The van der Waals surface area contributed by atoms with Crippen molar-refractivity contribution in [3.8, 4) is 11.5 Å². The number of amides is 1. The Morgan fingerprint density at radius 2 is 1.83 bits per heavy atom. The highest BCUT2D eigenvalue weighted by Crippen LogP contribution is 2.33. The number of hydrogen-bond donors (Lipinski definition) is 2. The zero-order valence-electron chi connectivity index (χ0n) is 25.5. The van der Waals surface area contributed by atoms with E-state index in [1.165, 1.54) is 0 Å². The van der Waals surface area contributed by atoms with Gasteiger partial charge in [0.25, 0.3) is 0 Å². The second-order valence-corrected chi connectivity index (χ2v) is 12.2. The van der Waals surface area contributed by atoms with Crippen LogP contribution < -0.4 is 20.1 Å². The van der Waals surface area contributed by atoms with E-state index in [0.717, 1.165) is 93.8 Å². The van der Waals surface area contributed by atoms with Crippen LogP contribution in [0.5, 0.6) is 11.5 Å². The molecule has 226 valence electrons. The first kappa shape index (κ1) is 31.4. The summed E-state index contributed by atoms with van der Waals surface area (Å²) in [5.74, 6) is 3.28. The molecule has 0 bridgehead atoms. The topological polar surface area (TPSA) is 99.5 Å². The number of fused-ring (bicyclic) bond motifs is 3. The maximum Gasteiger partial charge on any atom is 0.407 e. The van der Waals surface area contributed by atoms with Crippen molar-refractivity contribution in [3.63, 3.8) is 0 Å². The van der Waals surface area contributed by atoms with Gasteiger partial charge in [-0.3, -0.25) is 0 Å². The molecule has 2 N–H and O–H groups in total. The van der Waals surface area contributed by atoms with Crippen molar-refractivity contribution in [3.05, 3.63) is 52.3 Å². The minimum atomic E-state index is -0.512. The van der Waals surface area contributed by atoms with Crippen LogP contribution in [0.15, 0.2) is 40.9 Å². The highest BCUT2D eigenvalue weighted by atomic mass is 79.9. The largest absolute Gasteiger partial charge is 0.497 e. The molecular weight excluding hydrogens is 598 g/mol. The van der Waals surface area contributed by atoms with Gasteiger partial charge in [-0.25, -0.2) is 14.8 Å². The number of halogens is 1. The van der Waals surface area contributed by atoms with E-state index in [1.54, 1.807) is 14.2 Å². The van der Waals surface area contributed by atoms with Gasteiger partial charge in [-0.2, -0.15) is 0 Å². The first-order valence-corrected chi connectivity index (χ1v) is 15.3. The number of imidazole rings is 1. The molecule has 9 nitrogen and oxygen atoms in total. The molecule has 0 radical (unpaired) electrons. The van der Waals surface area contributed by atoms with Crippen molar-refractivity contribution >= 4 is 49.8 Å². The van der Waals surface area contributed by atoms with E-state index in [-0.39, 0.29) is 6.09 Å². The van der Waals surface area contributed by atoms with Gasteiger partial charge in [-0.05, 0) is 70.4 Å². The predicted octanol–water partition coefficient (Wildman–Crippen LogP) is 7.62. The number of anilines is 1. The summed E-state index contributed by atoms with van der Waals surface area (Å²) in [6.07, 6.45) is 4.32. The molecule has 0 unspecified atom stereocenters. The Balaban J connectivity index is 1.65. The van der Waals surface area contributed by atoms with Gasteiger partial charge in [-0.15, -0.1) is 0 Å². The van der Waals surface area contributed by atoms with Gasteiger partial charge in [0.1, 0.15) is 28.4 Å². The summed E-state index contributed by atoms with van der Waals surface area (Å²) in [4.78, 5) is 22.2. The highest BCUT2D eigenvalue weighted by molar-refractivity contribution is 9.10. The molecule has 4 aromatic rings.